The Labute approximate surface area is 87.9 Å². The molecule has 2 aromatic heterocycles. The molecular formula is C11H15N3O. The molecule has 80 valence electrons. The van der Waals surface area contributed by atoms with Crippen LogP contribution >= 0.6 is 0 Å². The Morgan fingerprint density at radius 1 is 1.53 bits per heavy atom. The van der Waals surface area contributed by atoms with Gasteiger partial charge in [-0.15, -0.1) is 0 Å². The molecule has 0 saturated carbocycles. The molecule has 0 saturated heterocycles. The maximum Gasteiger partial charge on any atom is 0.261 e. The minimum Gasteiger partial charge on any atom is -0.312 e. The van der Waals surface area contributed by atoms with Gasteiger partial charge in [-0.1, -0.05) is 13.3 Å². The molecule has 2 rings (SSSR count). The second kappa shape index (κ2) is 3.88. The zero-order chi connectivity index (χ0) is 10.8. The topological polar surface area (TPSA) is 50.7 Å². The molecule has 2 heterocycles. The molecule has 0 fully saturated rings. The Balaban J connectivity index is 2.57. The van der Waals surface area contributed by atoms with Gasteiger partial charge in [0.15, 0.2) is 0 Å². The van der Waals surface area contributed by atoms with Crippen LogP contribution in [-0.2, 0) is 6.54 Å². The molecule has 4 heteroatoms. The summed E-state index contributed by atoms with van der Waals surface area (Å²) in [5, 5.41) is 7.38. The molecule has 0 bridgehead atoms. The third-order valence-electron chi connectivity index (χ3n) is 2.66. The van der Waals surface area contributed by atoms with E-state index in [0.29, 0.717) is 5.39 Å². The van der Waals surface area contributed by atoms with Gasteiger partial charge in [-0.2, -0.15) is 5.10 Å². The normalized spacial score (nSPS) is 11.1. The number of nitrogens with one attached hydrogen (secondary N) is 1. The van der Waals surface area contributed by atoms with Crippen LogP contribution < -0.4 is 5.56 Å². The fourth-order valence-corrected chi connectivity index (χ4v) is 1.76. The van der Waals surface area contributed by atoms with Crippen molar-refractivity contribution in [2.24, 2.45) is 0 Å². The highest BCUT2D eigenvalue weighted by Crippen LogP contribution is 2.08. The van der Waals surface area contributed by atoms with Gasteiger partial charge in [0.1, 0.15) is 0 Å². The number of hydrogen-bond donors (Lipinski definition) is 1. The molecule has 15 heavy (non-hydrogen) atoms. The van der Waals surface area contributed by atoms with Crippen molar-refractivity contribution in [3.8, 4) is 0 Å². The average molecular weight is 205 g/mol. The first-order valence-corrected chi connectivity index (χ1v) is 5.27. The Morgan fingerprint density at radius 3 is 3.07 bits per heavy atom. The third kappa shape index (κ3) is 1.67. The van der Waals surface area contributed by atoms with E-state index in [1.54, 1.807) is 6.20 Å². The highest BCUT2D eigenvalue weighted by molar-refractivity contribution is 5.76. The zero-order valence-corrected chi connectivity index (χ0v) is 9.08. The summed E-state index contributed by atoms with van der Waals surface area (Å²) in [4.78, 5) is 12.0. The number of aromatic amines is 1. The predicted molar refractivity (Wildman–Crippen MR) is 60.0 cm³/mol. The maximum absolute atomic E-state index is 12.0. The number of hydrogen-bond acceptors (Lipinski definition) is 2. The van der Waals surface area contributed by atoms with E-state index < -0.39 is 0 Å². The van der Waals surface area contributed by atoms with E-state index in [0.717, 1.165) is 30.6 Å². The number of fused-ring (bicyclic) bond motifs is 1. The molecule has 0 unspecified atom stereocenters. The van der Waals surface area contributed by atoms with E-state index in [9.17, 15) is 4.79 Å². The lowest BCUT2D eigenvalue weighted by Gasteiger charge is -2.08. The number of unbranched alkanes of at least 4 members (excludes halogenated alkanes) is 1. The molecule has 0 atom stereocenters. The van der Waals surface area contributed by atoms with Gasteiger partial charge in [-0.25, -0.2) is 0 Å². The molecule has 0 amide bonds. The van der Waals surface area contributed by atoms with Gasteiger partial charge < -0.3 is 4.57 Å². The molecule has 2 aromatic rings. The van der Waals surface area contributed by atoms with Crippen molar-refractivity contribution in [3.05, 3.63) is 28.3 Å². The van der Waals surface area contributed by atoms with E-state index in [2.05, 4.69) is 17.1 Å². The molecule has 0 aliphatic heterocycles. The van der Waals surface area contributed by atoms with E-state index in [1.807, 2.05) is 17.6 Å². The van der Waals surface area contributed by atoms with Crippen LogP contribution in [0.1, 0.15) is 25.5 Å². The van der Waals surface area contributed by atoms with E-state index >= 15 is 0 Å². The molecule has 4 nitrogen and oxygen atoms in total. The molecule has 1 N–H and O–H groups in total. The highest BCUT2D eigenvalue weighted by atomic mass is 16.1. The van der Waals surface area contributed by atoms with Crippen molar-refractivity contribution < 1.29 is 0 Å². The number of pyridine rings is 1. The van der Waals surface area contributed by atoms with E-state index in [4.69, 9.17) is 0 Å². The monoisotopic (exact) mass is 205 g/mol. The van der Waals surface area contributed by atoms with Crippen LogP contribution in [0.15, 0.2) is 17.1 Å². The van der Waals surface area contributed by atoms with Crippen LogP contribution in [0.3, 0.4) is 0 Å². The smallest absolute Gasteiger partial charge is 0.261 e. The van der Waals surface area contributed by atoms with Crippen LogP contribution in [0, 0.1) is 6.92 Å². The SMILES string of the molecule is CCCCn1c(C)cc2[nH]ncc2c1=O. The number of nitrogens with zero attached hydrogens (tertiary/aromatic N) is 2. The first kappa shape index (κ1) is 9.96. The quantitative estimate of drug-likeness (QED) is 0.831. The number of aromatic nitrogens is 3. The predicted octanol–water partition coefficient (Wildman–Crippen LogP) is 1.83. The van der Waals surface area contributed by atoms with Crippen LogP contribution in [0.5, 0.6) is 0 Å². The molecule has 0 aliphatic rings. The van der Waals surface area contributed by atoms with Crippen LogP contribution in [0.2, 0.25) is 0 Å². The van der Waals surface area contributed by atoms with Crippen molar-refractivity contribution in [3.63, 3.8) is 0 Å². The fraction of sp³-hybridized carbons (Fsp3) is 0.455. The highest BCUT2D eigenvalue weighted by Gasteiger charge is 2.06. The Kier molecular flexibility index (Phi) is 2.58. The van der Waals surface area contributed by atoms with Crippen molar-refractivity contribution in [1.29, 1.82) is 0 Å². The number of H-pyrrole nitrogens is 1. The largest absolute Gasteiger partial charge is 0.312 e. The van der Waals surface area contributed by atoms with Crippen molar-refractivity contribution >= 4 is 10.9 Å². The molecule has 0 spiro atoms. The van der Waals surface area contributed by atoms with Gasteiger partial charge in [0.05, 0.1) is 17.1 Å². The first-order valence-electron chi connectivity index (χ1n) is 5.27. The second-order valence-corrected chi connectivity index (χ2v) is 3.79. The fourth-order valence-electron chi connectivity index (χ4n) is 1.76. The first-order chi connectivity index (χ1) is 7.24. The molecule has 0 radical (unpaired) electrons. The summed E-state index contributed by atoms with van der Waals surface area (Å²) in [6.45, 7) is 4.87. The summed E-state index contributed by atoms with van der Waals surface area (Å²) < 4.78 is 1.82. The van der Waals surface area contributed by atoms with Gasteiger partial charge in [0, 0.05) is 12.2 Å². The van der Waals surface area contributed by atoms with Crippen LogP contribution in [-0.4, -0.2) is 14.8 Å². The number of rotatable bonds is 3. The van der Waals surface area contributed by atoms with Crippen molar-refractivity contribution in [2.45, 2.75) is 33.2 Å². The Morgan fingerprint density at radius 2 is 2.33 bits per heavy atom. The van der Waals surface area contributed by atoms with Crippen LogP contribution in [0.4, 0.5) is 0 Å². The van der Waals surface area contributed by atoms with Gasteiger partial charge in [0.25, 0.3) is 5.56 Å². The lowest BCUT2D eigenvalue weighted by molar-refractivity contribution is 0.603. The van der Waals surface area contributed by atoms with Gasteiger partial charge in [-0.3, -0.25) is 9.89 Å². The Bertz CT molecular complexity index is 524. The standard InChI is InChI=1S/C11H15N3O/c1-3-4-5-14-8(2)6-10-9(11(14)15)7-12-13-10/h6-7H,3-5H2,1-2H3,(H,12,13). The summed E-state index contributed by atoms with van der Waals surface area (Å²) in [6, 6.07) is 1.97. The van der Waals surface area contributed by atoms with Crippen LogP contribution in [0.25, 0.3) is 10.9 Å². The minimum atomic E-state index is 0.0622. The van der Waals surface area contributed by atoms with Gasteiger partial charge in [-0.05, 0) is 19.4 Å². The maximum atomic E-state index is 12.0. The summed E-state index contributed by atoms with van der Waals surface area (Å²) in [5.41, 5.74) is 1.88. The van der Waals surface area contributed by atoms with Crippen molar-refractivity contribution in [2.75, 3.05) is 0 Å². The molecule has 0 aliphatic carbocycles. The molecular weight excluding hydrogens is 190 g/mol. The van der Waals surface area contributed by atoms with E-state index in [1.165, 1.54) is 0 Å². The van der Waals surface area contributed by atoms with Gasteiger partial charge in [0.2, 0.25) is 0 Å². The van der Waals surface area contributed by atoms with Gasteiger partial charge >= 0.3 is 0 Å². The zero-order valence-electron chi connectivity index (χ0n) is 9.08. The summed E-state index contributed by atoms with van der Waals surface area (Å²) >= 11 is 0. The number of aryl methyl sites for hydroxylation is 1. The lowest BCUT2D eigenvalue weighted by atomic mass is 10.2. The summed E-state index contributed by atoms with van der Waals surface area (Å²) in [5.74, 6) is 0. The average Bonchev–Trinajstić information content (AvgIpc) is 2.65. The Hall–Kier alpha value is -1.58. The second-order valence-electron chi connectivity index (χ2n) is 3.79. The molecule has 0 aromatic carbocycles. The third-order valence-corrected chi connectivity index (χ3v) is 2.66. The summed E-state index contributed by atoms with van der Waals surface area (Å²) in [6.07, 6.45) is 3.72. The van der Waals surface area contributed by atoms with Crippen molar-refractivity contribution in [1.82, 2.24) is 14.8 Å². The summed E-state index contributed by atoms with van der Waals surface area (Å²) in [7, 11) is 0. The lowest BCUT2D eigenvalue weighted by Crippen LogP contribution is -2.22. The minimum absolute atomic E-state index is 0.0622. The van der Waals surface area contributed by atoms with E-state index in [-0.39, 0.29) is 5.56 Å².